The van der Waals surface area contributed by atoms with Crippen LogP contribution >= 0.6 is 11.3 Å². The molecule has 5 heteroatoms. The van der Waals surface area contributed by atoms with Gasteiger partial charge in [-0.05, 0) is 50.4 Å². The summed E-state index contributed by atoms with van der Waals surface area (Å²) in [5.41, 5.74) is 9.83. The third-order valence-corrected chi connectivity index (χ3v) is 5.70. The number of likely N-dealkylation sites (tertiary alicyclic amines) is 1. The number of hydrogen-bond acceptors (Lipinski definition) is 4. The number of rotatable bonds is 3. The van der Waals surface area contributed by atoms with E-state index in [1.807, 2.05) is 6.92 Å². The summed E-state index contributed by atoms with van der Waals surface area (Å²) in [4.78, 5) is 10.5. The lowest BCUT2D eigenvalue weighted by Gasteiger charge is -2.31. The molecule has 1 aromatic carbocycles. The van der Waals surface area contributed by atoms with Gasteiger partial charge in [0.05, 0.1) is 10.7 Å². The van der Waals surface area contributed by atoms with Gasteiger partial charge in [0.2, 0.25) is 0 Å². The van der Waals surface area contributed by atoms with Crippen LogP contribution in [0.1, 0.15) is 35.0 Å². The molecule has 1 fully saturated rings. The molecule has 0 radical (unpaired) electrons. The maximum atomic E-state index is 6.05. The first-order chi connectivity index (χ1) is 11.2. The molecule has 0 bridgehead atoms. The second kappa shape index (κ2) is 5.98. The Morgan fingerprint density at radius 1 is 1.30 bits per heavy atom. The van der Waals surface area contributed by atoms with Crippen LogP contribution in [0.5, 0.6) is 0 Å². The van der Waals surface area contributed by atoms with E-state index in [-0.39, 0.29) is 0 Å². The minimum atomic E-state index is 0.650. The molecule has 4 rings (SSSR count). The van der Waals surface area contributed by atoms with Crippen LogP contribution in [0.4, 0.5) is 5.00 Å². The van der Waals surface area contributed by atoms with Crippen molar-refractivity contribution in [2.75, 3.05) is 18.8 Å². The van der Waals surface area contributed by atoms with Crippen molar-refractivity contribution in [3.63, 3.8) is 0 Å². The van der Waals surface area contributed by atoms with E-state index in [0.717, 1.165) is 35.3 Å². The number of H-pyrrole nitrogens is 1. The number of nitrogens with two attached hydrogens (primary N) is 1. The highest BCUT2D eigenvalue weighted by molar-refractivity contribution is 7.15. The van der Waals surface area contributed by atoms with Gasteiger partial charge < -0.3 is 10.7 Å². The van der Waals surface area contributed by atoms with Gasteiger partial charge in [0.1, 0.15) is 5.00 Å². The summed E-state index contributed by atoms with van der Waals surface area (Å²) >= 11 is 1.59. The fourth-order valence-corrected chi connectivity index (χ4v) is 4.35. The lowest BCUT2D eigenvalue weighted by Crippen LogP contribution is -2.32. The fraction of sp³-hybridized carbons (Fsp3) is 0.389. The smallest absolute Gasteiger partial charge is 0.111 e. The molecule has 0 saturated carbocycles. The van der Waals surface area contributed by atoms with E-state index < -0.39 is 0 Å². The van der Waals surface area contributed by atoms with Crippen LogP contribution in [-0.2, 0) is 6.54 Å². The molecular weight excluding hydrogens is 304 g/mol. The number of piperidine rings is 1. The molecule has 1 aliphatic heterocycles. The molecule has 2 aromatic heterocycles. The normalized spacial score (nSPS) is 17.1. The van der Waals surface area contributed by atoms with Gasteiger partial charge in [-0.2, -0.15) is 0 Å². The highest BCUT2D eigenvalue weighted by Gasteiger charge is 2.23. The quantitative estimate of drug-likeness (QED) is 0.767. The van der Waals surface area contributed by atoms with E-state index in [1.165, 1.54) is 29.3 Å². The minimum absolute atomic E-state index is 0.650. The Hall–Kier alpha value is -1.85. The van der Waals surface area contributed by atoms with Gasteiger partial charge >= 0.3 is 0 Å². The van der Waals surface area contributed by atoms with Gasteiger partial charge in [0.15, 0.2) is 0 Å². The van der Waals surface area contributed by atoms with Crippen LogP contribution in [0.15, 0.2) is 30.5 Å². The first kappa shape index (κ1) is 14.7. The summed E-state index contributed by atoms with van der Waals surface area (Å²) in [6.45, 7) is 5.13. The SMILES string of the molecule is Cc1nc(CN2CCC(c3c[nH]c4ccccc34)CC2)c(N)s1. The second-order valence-corrected chi connectivity index (χ2v) is 7.62. The number of aryl methyl sites for hydroxylation is 1. The fourth-order valence-electron chi connectivity index (χ4n) is 3.64. The van der Waals surface area contributed by atoms with Gasteiger partial charge in [-0.25, -0.2) is 4.98 Å². The number of benzene rings is 1. The molecule has 0 unspecified atom stereocenters. The summed E-state index contributed by atoms with van der Waals surface area (Å²) in [5.74, 6) is 0.650. The predicted molar refractivity (Wildman–Crippen MR) is 96.8 cm³/mol. The number of thiazole rings is 1. The molecule has 23 heavy (non-hydrogen) atoms. The second-order valence-electron chi connectivity index (χ2n) is 6.38. The van der Waals surface area contributed by atoms with Crippen LogP contribution < -0.4 is 5.73 Å². The van der Waals surface area contributed by atoms with Crippen LogP contribution in [0, 0.1) is 6.92 Å². The number of nitrogen functional groups attached to an aromatic ring is 1. The average Bonchev–Trinajstić information content (AvgIpc) is 3.12. The Labute approximate surface area is 140 Å². The van der Waals surface area contributed by atoms with Crippen LogP contribution in [0.25, 0.3) is 10.9 Å². The van der Waals surface area contributed by atoms with Gasteiger partial charge in [-0.15, -0.1) is 11.3 Å². The van der Waals surface area contributed by atoms with E-state index >= 15 is 0 Å². The molecule has 0 atom stereocenters. The zero-order valence-electron chi connectivity index (χ0n) is 13.4. The third-order valence-electron chi connectivity index (χ3n) is 4.86. The summed E-state index contributed by atoms with van der Waals surface area (Å²) in [6.07, 6.45) is 4.60. The number of nitrogens with one attached hydrogen (secondary N) is 1. The Bertz CT molecular complexity index is 811. The maximum absolute atomic E-state index is 6.05. The third kappa shape index (κ3) is 2.86. The summed E-state index contributed by atoms with van der Waals surface area (Å²) in [7, 11) is 0. The standard InChI is InChI=1S/C18H22N4S/c1-12-21-17(18(19)23-12)11-22-8-6-13(7-9-22)15-10-20-16-5-3-2-4-14(15)16/h2-5,10,13,20H,6-9,11,19H2,1H3. The molecular formula is C18H22N4S. The minimum Gasteiger partial charge on any atom is -0.389 e. The number of para-hydroxylation sites is 1. The van der Waals surface area contributed by atoms with E-state index in [9.17, 15) is 0 Å². The van der Waals surface area contributed by atoms with Crippen molar-refractivity contribution < 1.29 is 0 Å². The summed E-state index contributed by atoms with van der Waals surface area (Å²) in [5, 5.41) is 3.32. The van der Waals surface area contributed by atoms with Crippen molar-refractivity contribution in [2.45, 2.75) is 32.2 Å². The molecule has 3 N–H and O–H groups in total. The molecule has 3 heterocycles. The first-order valence-electron chi connectivity index (χ1n) is 8.21. The Balaban J connectivity index is 1.44. The average molecular weight is 326 g/mol. The van der Waals surface area contributed by atoms with Crippen molar-refractivity contribution in [3.05, 3.63) is 46.7 Å². The van der Waals surface area contributed by atoms with E-state index in [1.54, 1.807) is 11.3 Å². The molecule has 0 amide bonds. The van der Waals surface area contributed by atoms with Crippen molar-refractivity contribution >= 4 is 27.2 Å². The zero-order chi connectivity index (χ0) is 15.8. The molecule has 1 aliphatic rings. The van der Waals surface area contributed by atoms with E-state index in [4.69, 9.17) is 5.73 Å². The topological polar surface area (TPSA) is 57.9 Å². The first-order valence-corrected chi connectivity index (χ1v) is 9.02. The number of nitrogens with zero attached hydrogens (tertiary/aromatic N) is 2. The molecule has 0 spiro atoms. The van der Waals surface area contributed by atoms with Crippen molar-refractivity contribution in [2.24, 2.45) is 0 Å². The van der Waals surface area contributed by atoms with E-state index in [0.29, 0.717) is 5.92 Å². The molecule has 1 saturated heterocycles. The zero-order valence-corrected chi connectivity index (χ0v) is 14.2. The monoisotopic (exact) mass is 326 g/mol. The van der Waals surface area contributed by atoms with Gasteiger partial charge in [0.25, 0.3) is 0 Å². The molecule has 4 nitrogen and oxygen atoms in total. The maximum Gasteiger partial charge on any atom is 0.111 e. The Morgan fingerprint density at radius 2 is 2.09 bits per heavy atom. The van der Waals surface area contributed by atoms with E-state index in [2.05, 4.69) is 45.3 Å². The molecule has 120 valence electrons. The number of aromatic nitrogens is 2. The molecule has 3 aromatic rings. The van der Waals surface area contributed by atoms with Gasteiger partial charge in [-0.1, -0.05) is 18.2 Å². The number of hydrogen-bond donors (Lipinski definition) is 2. The van der Waals surface area contributed by atoms with Gasteiger partial charge in [0, 0.05) is 23.6 Å². The number of anilines is 1. The van der Waals surface area contributed by atoms with Crippen molar-refractivity contribution in [1.82, 2.24) is 14.9 Å². The Kier molecular flexibility index (Phi) is 3.83. The van der Waals surface area contributed by atoms with Gasteiger partial charge in [-0.3, -0.25) is 4.90 Å². The largest absolute Gasteiger partial charge is 0.389 e. The van der Waals surface area contributed by atoms with Crippen LogP contribution in [0.3, 0.4) is 0 Å². The highest BCUT2D eigenvalue weighted by atomic mass is 32.1. The van der Waals surface area contributed by atoms with Crippen molar-refractivity contribution in [3.8, 4) is 0 Å². The highest BCUT2D eigenvalue weighted by Crippen LogP contribution is 2.33. The lowest BCUT2D eigenvalue weighted by atomic mass is 9.89. The number of fused-ring (bicyclic) bond motifs is 1. The van der Waals surface area contributed by atoms with Crippen LogP contribution in [-0.4, -0.2) is 28.0 Å². The summed E-state index contributed by atoms with van der Waals surface area (Å²) < 4.78 is 0. The molecule has 0 aliphatic carbocycles. The van der Waals surface area contributed by atoms with Crippen molar-refractivity contribution in [1.29, 1.82) is 0 Å². The Morgan fingerprint density at radius 3 is 2.83 bits per heavy atom. The number of aromatic amines is 1. The lowest BCUT2D eigenvalue weighted by molar-refractivity contribution is 0.203. The summed E-state index contributed by atoms with van der Waals surface area (Å²) in [6, 6.07) is 8.60. The predicted octanol–water partition coefficient (Wildman–Crippen LogP) is 3.89. The van der Waals surface area contributed by atoms with Crippen LogP contribution in [0.2, 0.25) is 0 Å².